The maximum Gasteiger partial charge on any atom is 0.323 e. The molecule has 0 aliphatic rings. The molecule has 0 N–H and O–H groups in total. The monoisotopic (exact) mass is 308 g/mol. The van der Waals surface area contributed by atoms with Gasteiger partial charge in [0, 0.05) is 5.33 Å². The Balaban J connectivity index is 4.66. The first-order valence-electron chi connectivity index (χ1n) is 5.93. The van der Waals surface area contributed by atoms with E-state index in [2.05, 4.69) is 15.9 Å². The molecule has 0 bridgehead atoms. The third-order valence-corrected chi connectivity index (χ3v) is 3.07. The van der Waals surface area contributed by atoms with E-state index in [0.717, 1.165) is 18.2 Å². The summed E-state index contributed by atoms with van der Waals surface area (Å²) >= 11 is 3.32. The van der Waals surface area contributed by atoms with Gasteiger partial charge in [-0.1, -0.05) is 22.4 Å². The molecule has 0 atom stereocenters. The Morgan fingerprint density at radius 2 is 1.53 bits per heavy atom. The van der Waals surface area contributed by atoms with Crippen molar-refractivity contribution in [2.24, 2.45) is 5.41 Å². The van der Waals surface area contributed by atoms with Gasteiger partial charge in [-0.3, -0.25) is 9.59 Å². The molecule has 0 aliphatic heterocycles. The van der Waals surface area contributed by atoms with E-state index in [4.69, 9.17) is 9.47 Å². The van der Waals surface area contributed by atoms with E-state index in [9.17, 15) is 9.59 Å². The molecular weight excluding hydrogens is 288 g/mol. The van der Waals surface area contributed by atoms with Gasteiger partial charge in [0.1, 0.15) is 0 Å². The molecule has 4 nitrogen and oxygen atoms in total. The van der Waals surface area contributed by atoms with Crippen molar-refractivity contribution in [3.63, 3.8) is 0 Å². The lowest BCUT2D eigenvalue weighted by atomic mass is 9.85. The van der Waals surface area contributed by atoms with Crippen LogP contribution in [0.15, 0.2) is 0 Å². The lowest BCUT2D eigenvalue weighted by Gasteiger charge is -2.24. The van der Waals surface area contributed by atoms with Gasteiger partial charge in [0.25, 0.3) is 0 Å². The first-order chi connectivity index (χ1) is 8.02. The van der Waals surface area contributed by atoms with Crippen LogP contribution in [0.4, 0.5) is 0 Å². The number of rotatable bonds is 8. The van der Waals surface area contributed by atoms with Crippen LogP contribution in [-0.4, -0.2) is 30.5 Å². The molecule has 0 aromatic heterocycles. The quantitative estimate of drug-likeness (QED) is 0.299. The Morgan fingerprint density at radius 3 is 1.88 bits per heavy atom. The van der Waals surface area contributed by atoms with E-state index in [1.807, 2.05) is 0 Å². The van der Waals surface area contributed by atoms with Crippen molar-refractivity contribution in [3.05, 3.63) is 0 Å². The fourth-order valence-corrected chi connectivity index (χ4v) is 1.84. The van der Waals surface area contributed by atoms with Crippen LogP contribution < -0.4 is 0 Å². The van der Waals surface area contributed by atoms with Gasteiger partial charge in [-0.15, -0.1) is 0 Å². The molecule has 0 spiro atoms. The van der Waals surface area contributed by atoms with Gasteiger partial charge in [-0.25, -0.2) is 0 Å². The second-order valence-electron chi connectivity index (χ2n) is 3.92. The van der Waals surface area contributed by atoms with Crippen molar-refractivity contribution in [1.82, 2.24) is 0 Å². The topological polar surface area (TPSA) is 52.6 Å². The third-order valence-electron chi connectivity index (χ3n) is 2.51. The third kappa shape index (κ3) is 5.06. The number of esters is 2. The molecule has 0 rings (SSSR count). The van der Waals surface area contributed by atoms with Gasteiger partial charge < -0.3 is 9.47 Å². The highest BCUT2D eigenvalue weighted by molar-refractivity contribution is 9.09. The fourth-order valence-electron chi connectivity index (χ4n) is 1.44. The zero-order valence-electron chi connectivity index (χ0n) is 10.8. The summed E-state index contributed by atoms with van der Waals surface area (Å²) in [5.74, 6) is -0.985. The first-order valence-corrected chi connectivity index (χ1v) is 7.05. The molecule has 100 valence electrons. The predicted molar refractivity (Wildman–Crippen MR) is 69.0 cm³/mol. The standard InChI is InChI=1S/C12H21BrO4/c1-4-16-10(14)12(3,8-6-7-9-13)11(15)17-5-2/h4-9H2,1-3H3. The Morgan fingerprint density at radius 1 is 1.06 bits per heavy atom. The number of hydrogen-bond donors (Lipinski definition) is 0. The number of unbranched alkanes of at least 4 members (excludes halogenated alkanes) is 1. The highest BCUT2D eigenvalue weighted by Gasteiger charge is 2.43. The summed E-state index contributed by atoms with van der Waals surface area (Å²) in [7, 11) is 0. The number of ether oxygens (including phenoxy) is 2. The normalized spacial score (nSPS) is 11.1. The van der Waals surface area contributed by atoms with Gasteiger partial charge in [-0.2, -0.15) is 0 Å². The predicted octanol–water partition coefficient (Wildman–Crippen LogP) is 2.68. The van der Waals surface area contributed by atoms with E-state index < -0.39 is 17.4 Å². The van der Waals surface area contributed by atoms with Gasteiger partial charge >= 0.3 is 11.9 Å². The van der Waals surface area contributed by atoms with E-state index >= 15 is 0 Å². The Labute approximate surface area is 111 Å². The number of hydrogen-bond acceptors (Lipinski definition) is 4. The van der Waals surface area contributed by atoms with Crippen LogP contribution >= 0.6 is 15.9 Å². The van der Waals surface area contributed by atoms with Crippen LogP contribution in [0.5, 0.6) is 0 Å². The van der Waals surface area contributed by atoms with Crippen molar-refractivity contribution in [1.29, 1.82) is 0 Å². The summed E-state index contributed by atoms with van der Waals surface area (Å²) in [6, 6.07) is 0. The zero-order chi connectivity index (χ0) is 13.3. The smallest absolute Gasteiger partial charge is 0.323 e. The second-order valence-corrected chi connectivity index (χ2v) is 4.71. The molecule has 0 aromatic carbocycles. The molecule has 0 amide bonds. The Bertz CT molecular complexity index is 235. The number of carbonyl (C=O) groups excluding carboxylic acids is 2. The second kappa shape index (κ2) is 8.50. The first kappa shape index (κ1) is 16.4. The van der Waals surface area contributed by atoms with Crippen LogP contribution in [0.1, 0.15) is 40.0 Å². The van der Waals surface area contributed by atoms with Crippen LogP contribution in [0.25, 0.3) is 0 Å². The maximum absolute atomic E-state index is 11.8. The minimum atomic E-state index is -1.17. The molecule has 5 heteroatoms. The Hall–Kier alpha value is -0.580. The largest absolute Gasteiger partial charge is 0.465 e. The fraction of sp³-hybridized carbons (Fsp3) is 0.833. The molecular formula is C12H21BrO4. The van der Waals surface area contributed by atoms with Crippen molar-refractivity contribution < 1.29 is 19.1 Å². The lowest BCUT2D eigenvalue weighted by molar-refractivity contribution is -0.171. The minimum Gasteiger partial charge on any atom is -0.465 e. The molecule has 0 radical (unpaired) electrons. The van der Waals surface area contributed by atoms with Gasteiger partial charge in [0.2, 0.25) is 0 Å². The molecule has 0 aliphatic carbocycles. The molecule has 0 aromatic rings. The molecule has 0 saturated heterocycles. The molecule has 0 saturated carbocycles. The lowest BCUT2D eigenvalue weighted by Crippen LogP contribution is -2.39. The number of alkyl halides is 1. The van der Waals surface area contributed by atoms with E-state index in [1.165, 1.54) is 0 Å². The summed E-state index contributed by atoms with van der Waals surface area (Å²) in [6.07, 6.45) is 2.14. The van der Waals surface area contributed by atoms with Crippen LogP contribution in [0.2, 0.25) is 0 Å². The van der Waals surface area contributed by atoms with Gasteiger partial charge in [-0.05, 0) is 33.6 Å². The van der Waals surface area contributed by atoms with Crippen molar-refractivity contribution in [2.45, 2.75) is 40.0 Å². The van der Waals surface area contributed by atoms with E-state index in [-0.39, 0.29) is 13.2 Å². The minimum absolute atomic E-state index is 0.270. The SMILES string of the molecule is CCOC(=O)C(C)(CCCCBr)C(=O)OCC. The van der Waals surface area contributed by atoms with Crippen molar-refractivity contribution in [3.8, 4) is 0 Å². The van der Waals surface area contributed by atoms with Crippen molar-refractivity contribution >= 4 is 27.9 Å². The summed E-state index contributed by atoms with van der Waals surface area (Å²) < 4.78 is 9.91. The average Bonchev–Trinajstić information content (AvgIpc) is 2.29. The zero-order valence-corrected chi connectivity index (χ0v) is 12.3. The molecule has 17 heavy (non-hydrogen) atoms. The Kier molecular flexibility index (Phi) is 8.21. The molecule has 0 heterocycles. The summed E-state index contributed by atoms with van der Waals surface area (Å²) in [6.45, 7) is 5.58. The summed E-state index contributed by atoms with van der Waals surface area (Å²) in [5.41, 5.74) is -1.17. The number of carbonyl (C=O) groups is 2. The van der Waals surface area contributed by atoms with E-state index in [1.54, 1.807) is 20.8 Å². The molecule has 0 fully saturated rings. The maximum atomic E-state index is 11.8. The van der Waals surface area contributed by atoms with Gasteiger partial charge in [0.15, 0.2) is 5.41 Å². The highest BCUT2D eigenvalue weighted by Crippen LogP contribution is 2.28. The average molecular weight is 309 g/mol. The summed E-state index contributed by atoms with van der Waals surface area (Å²) in [4.78, 5) is 23.7. The highest BCUT2D eigenvalue weighted by atomic mass is 79.9. The number of halogens is 1. The molecule has 0 unspecified atom stereocenters. The van der Waals surface area contributed by atoms with Crippen molar-refractivity contribution in [2.75, 3.05) is 18.5 Å². The van der Waals surface area contributed by atoms with Crippen LogP contribution in [0, 0.1) is 5.41 Å². The van der Waals surface area contributed by atoms with E-state index in [0.29, 0.717) is 6.42 Å². The van der Waals surface area contributed by atoms with Crippen LogP contribution in [0.3, 0.4) is 0 Å². The summed E-state index contributed by atoms with van der Waals surface area (Å²) in [5, 5.41) is 0.856. The van der Waals surface area contributed by atoms with Gasteiger partial charge in [0.05, 0.1) is 13.2 Å². The van der Waals surface area contributed by atoms with Crippen LogP contribution in [-0.2, 0) is 19.1 Å².